The molecule has 0 aliphatic heterocycles. The van der Waals surface area contributed by atoms with E-state index in [0.717, 1.165) is 0 Å². The Morgan fingerprint density at radius 3 is 2.00 bits per heavy atom. The summed E-state index contributed by atoms with van der Waals surface area (Å²) in [7, 11) is 0. The van der Waals surface area contributed by atoms with E-state index in [0.29, 0.717) is 37.4 Å². The van der Waals surface area contributed by atoms with Crippen molar-refractivity contribution in [1.29, 1.82) is 0 Å². The minimum atomic E-state index is -0.401. The molecule has 0 radical (unpaired) electrons. The van der Waals surface area contributed by atoms with E-state index in [9.17, 15) is 9.59 Å². The van der Waals surface area contributed by atoms with Crippen LogP contribution in [0.15, 0.2) is 71.8 Å². The Labute approximate surface area is 182 Å². The first-order chi connectivity index (χ1) is 13.9. The number of hydrazone groups is 1. The number of nitrogens with zero attached hydrogens (tertiary/aromatic N) is 1. The summed E-state index contributed by atoms with van der Waals surface area (Å²) in [5.74, 6) is -0.676. The lowest BCUT2D eigenvalue weighted by Gasteiger charge is -2.06. The van der Waals surface area contributed by atoms with Crippen LogP contribution < -0.4 is 10.7 Å². The minimum Gasteiger partial charge on any atom is -0.322 e. The number of nitrogens with one attached hydrogen (secondary N) is 2. The van der Waals surface area contributed by atoms with Crippen LogP contribution in [0.25, 0.3) is 0 Å². The maximum Gasteiger partial charge on any atom is 0.271 e. The normalized spacial score (nSPS) is 10.7. The van der Waals surface area contributed by atoms with Gasteiger partial charge >= 0.3 is 0 Å². The monoisotopic (exact) mass is 445 g/mol. The van der Waals surface area contributed by atoms with Crippen LogP contribution in [0.1, 0.15) is 26.3 Å². The number of benzene rings is 3. The molecular formula is C21H14Cl3N3O2. The molecule has 5 nitrogen and oxygen atoms in total. The van der Waals surface area contributed by atoms with Crippen LogP contribution in [0, 0.1) is 0 Å². The molecule has 0 aromatic heterocycles. The van der Waals surface area contributed by atoms with E-state index in [4.69, 9.17) is 34.8 Å². The molecule has 0 saturated carbocycles. The van der Waals surface area contributed by atoms with Crippen molar-refractivity contribution in [2.75, 3.05) is 5.32 Å². The van der Waals surface area contributed by atoms with E-state index in [2.05, 4.69) is 15.8 Å². The van der Waals surface area contributed by atoms with Crippen LogP contribution in [0.3, 0.4) is 0 Å². The Balaban J connectivity index is 1.59. The number of halogens is 3. The van der Waals surface area contributed by atoms with Gasteiger partial charge in [-0.2, -0.15) is 5.10 Å². The lowest BCUT2D eigenvalue weighted by atomic mass is 10.1. The summed E-state index contributed by atoms with van der Waals surface area (Å²) < 4.78 is 0. The Bertz CT molecular complexity index is 1070. The fourth-order valence-electron chi connectivity index (χ4n) is 2.34. The molecule has 0 unspecified atom stereocenters. The van der Waals surface area contributed by atoms with E-state index in [1.165, 1.54) is 6.21 Å². The van der Waals surface area contributed by atoms with Crippen molar-refractivity contribution in [3.05, 3.63) is 98.5 Å². The van der Waals surface area contributed by atoms with Crippen molar-refractivity contribution in [2.45, 2.75) is 0 Å². The zero-order valence-electron chi connectivity index (χ0n) is 14.8. The van der Waals surface area contributed by atoms with Crippen molar-refractivity contribution < 1.29 is 9.59 Å². The van der Waals surface area contributed by atoms with Crippen molar-refractivity contribution >= 4 is 58.5 Å². The summed E-state index contributed by atoms with van der Waals surface area (Å²) in [4.78, 5) is 24.4. The van der Waals surface area contributed by atoms with E-state index in [1.807, 2.05) is 0 Å². The maximum atomic E-state index is 12.2. The van der Waals surface area contributed by atoms with Gasteiger partial charge in [0.1, 0.15) is 0 Å². The summed E-state index contributed by atoms with van der Waals surface area (Å²) in [5.41, 5.74) is 4.46. The van der Waals surface area contributed by atoms with Crippen LogP contribution in [-0.4, -0.2) is 18.0 Å². The van der Waals surface area contributed by atoms with Gasteiger partial charge in [0.05, 0.1) is 11.2 Å². The molecule has 0 atom stereocenters. The van der Waals surface area contributed by atoms with Crippen molar-refractivity contribution in [3.63, 3.8) is 0 Å². The van der Waals surface area contributed by atoms with Gasteiger partial charge in [-0.25, -0.2) is 5.43 Å². The van der Waals surface area contributed by atoms with Gasteiger partial charge in [0, 0.05) is 32.4 Å². The lowest BCUT2D eigenvalue weighted by molar-refractivity contribution is 0.0954. The Morgan fingerprint density at radius 1 is 0.759 bits per heavy atom. The van der Waals surface area contributed by atoms with Crippen LogP contribution >= 0.6 is 34.8 Å². The van der Waals surface area contributed by atoms with Gasteiger partial charge in [-0.05, 0) is 60.7 Å². The van der Waals surface area contributed by atoms with E-state index in [-0.39, 0.29) is 5.91 Å². The number of carbonyl (C=O) groups excluding carboxylic acids is 2. The molecule has 3 rings (SSSR count). The molecule has 0 aliphatic carbocycles. The van der Waals surface area contributed by atoms with Crippen LogP contribution in [0.5, 0.6) is 0 Å². The van der Waals surface area contributed by atoms with Gasteiger partial charge < -0.3 is 5.32 Å². The van der Waals surface area contributed by atoms with Crippen LogP contribution in [0.2, 0.25) is 15.1 Å². The summed E-state index contributed by atoms with van der Waals surface area (Å²) in [6.45, 7) is 0. The summed E-state index contributed by atoms with van der Waals surface area (Å²) >= 11 is 17.7. The third kappa shape index (κ3) is 5.81. The Morgan fingerprint density at radius 2 is 1.34 bits per heavy atom. The third-order valence-corrected chi connectivity index (χ3v) is 4.66. The Hall–Kier alpha value is -2.86. The molecule has 0 aliphatic rings. The van der Waals surface area contributed by atoms with Crippen LogP contribution in [0.4, 0.5) is 5.69 Å². The zero-order valence-corrected chi connectivity index (χ0v) is 17.1. The van der Waals surface area contributed by atoms with Gasteiger partial charge in [-0.3, -0.25) is 9.59 Å². The van der Waals surface area contributed by atoms with Crippen LogP contribution in [-0.2, 0) is 0 Å². The van der Waals surface area contributed by atoms with Crippen molar-refractivity contribution in [2.24, 2.45) is 5.10 Å². The second-order valence-electron chi connectivity index (χ2n) is 5.90. The topological polar surface area (TPSA) is 70.6 Å². The molecule has 3 aromatic carbocycles. The second-order valence-corrected chi connectivity index (χ2v) is 7.18. The molecule has 0 heterocycles. The molecule has 2 amide bonds. The van der Waals surface area contributed by atoms with Gasteiger partial charge in [-0.15, -0.1) is 0 Å². The number of carbonyl (C=O) groups is 2. The molecule has 8 heteroatoms. The smallest absolute Gasteiger partial charge is 0.271 e. The molecular weight excluding hydrogens is 433 g/mol. The maximum absolute atomic E-state index is 12.2. The van der Waals surface area contributed by atoms with Gasteiger partial charge in [0.25, 0.3) is 11.8 Å². The molecule has 0 fully saturated rings. The summed E-state index contributed by atoms with van der Waals surface area (Å²) in [6, 6.07) is 17.9. The highest BCUT2D eigenvalue weighted by Crippen LogP contribution is 2.19. The van der Waals surface area contributed by atoms with Crippen molar-refractivity contribution in [3.8, 4) is 0 Å². The minimum absolute atomic E-state index is 0.275. The van der Waals surface area contributed by atoms with E-state index in [1.54, 1.807) is 66.7 Å². The highest BCUT2D eigenvalue weighted by molar-refractivity contribution is 6.36. The first kappa shape index (κ1) is 20.9. The number of hydrogen-bond acceptors (Lipinski definition) is 3. The van der Waals surface area contributed by atoms with Crippen molar-refractivity contribution in [1.82, 2.24) is 5.43 Å². The largest absolute Gasteiger partial charge is 0.322 e. The quantitative estimate of drug-likeness (QED) is 0.392. The highest BCUT2D eigenvalue weighted by atomic mass is 35.5. The average molecular weight is 447 g/mol. The highest BCUT2D eigenvalue weighted by Gasteiger charge is 2.08. The zero-order chi connectivity index (χ0) is 20.8. The van der Waals surface area contributed by atoms with Gasteiger partial charge in [-0.1, -0.05) is 40.9 Å². The molecule has 0 spiro atoms. The molecule has 2 N–H and O–H groups in total. The predicted molar refractivity (Wildman–Crippen MR) is 117 cm³/mol. The number of rotatable bonds is 5. The summed E-state index contributed by atoms with van der Waals surface area (Å²) in [5, 5.41) is 8.14. The van der Waals surface area contributed by atoms with E-state index < -0.39 is 5.91 Å². The number of anilines is 1. The number of hydrogen-bond donors (Lipinski definition) is 2. The first-order valence-corrected chi connectivity index (χ1v) is 9.51. The second kappa shape index (κ2) is 9.56. The molecule has 3 aromatic rings. The molecule has 146 valence electrons. The molecule has 0 bridgehead atoms. The standard InChI is InChI=1S/C21H14Cl3N3O2/c22-16-6-1-13(2-7-16)20(28)26-18-9-4-14(5-10-18)21(29)27-25-12-15-3-8-17(23)11-19(15)24/h1-12H,(H,26,28)(H,27,29)/b25-12-. The number of amides is 2. The Kier molecular flexibility index (Phi) is 6.88. The van der Waals surface area contributed by atoms with Gasteiger partial charge in [0.2, 0.25) is 0 Å². The van der Waals surface area contributed by atoms with Gasteiger partial charge in [0.15, 0.2) is 0 Å². The SMILES string of the molecule is O=C(N/N=C\c1ccc(Cl)cc1Cl)c1ccc(NC(=O)c2ccc(Cl)cc2)cc1. The fraction of sp³-hybridized carbons (Fsp3) is 0. The molecule has 0 saturated heterocycles. The lowest BCUT2D eigenvalue weighted by Crippen LogP contribution is -2.18. The first-order valence-electron chi connectivity index (χ1n) is 8.38. The van der Waals surface area contributed by atoms with E-state index >= 15 is 0 Å². The third-order valence-electron chi connectivity index (χ3n) is 3.84. The molecule has 29 heavy (non-hydrogen) atoms. The fourth-order valence-corrected chi connectivity index (χ4v) is 2.92. The predicted octanol–water partition coefficient (Wildman–Crippen LogP) is 5.66. The summed E-state index contributed by atoms with van der Waals surface area (Å²) in [6.07, 6.45) is 1.43. The average Bonchev–Trinajstić information content (AvgIpc) is 2.70.